The molecule has 1 aliphatic heterocycles. The van der Waals surface area contributed by atoms with Gasteiger partial charge in [0.25, 0.3) is 0 Å². The molecule has 0 aromatic rings. The quantitative estimate of drug-likeness (QED) is 0.698. The van der Waals surface area contributed by atoms with Crippen molar-refractivity contribution in [2.75, 3.05) is 13.1 Å². The van der Waals surface area contributed by atoms with Gasteiger partial charge in [-0.3, -0.25) is 4.90 Å². The minimum absolute atomic E-state index is 0.163. The molecular weight excluding hydrogens is 190 g/mol. The van der Waals surface area contributed by atoms with E-state index in [0.29, 0.717) is 6.04 Å². The Balaban J connectivity index is 1.93. The van der Waals surface area contributed by atoms with Crippen LogP contribution in [0.3, 0.4) is 0 Å². The van der Waals surface area contributed by atoms with E-state index in [2.05, 4.69) is 4.90 Å². The van der Waals surface area contributed by atoms with E-state index in [-0.39, 0.29) is 12.0 Å². The molecule has 0 radical (unpaired) electrons. The number of likely N-dealkylation sites (tertiary alicyclic amines) is 1. The van der Waals surface area contributed by atoms with Gasteiger partial charge in [0, 0.05) is 18.5 Å². The van der Waals surface area contributed by atoms with E-state index in [9.17, 15) is 9.90 Å². The second-order valence-electron chi connectivity index (χ2n) is 4.95. The third-order valence-corrected chi connectivity index (χ3v) is 3.84. The average molecular weight is 211 g/mol. The van der Waals surface area contributed by atoms with Crippen LogP contribution in [0.15, 0.2) is 0 Å². The van der Waals surface area contributed by atoms with E-state index in [1.54, 1.807) is 0 Å². The molecule has 1 heterocycles. The number of aliphatic hydroxyl groups is 1. The molecule has 0 aromatic heterocycles. The van der Waals surface area contributed by atoms with Crippen LogP contribution < -0.4 is 0 Å². The van der Waals surface area contributed by atoms with Gasteiger partial charge in [-0.25, -0.2) is 0 Å². The van der Waals surface area contributed by atoms with Gasteiger partial charge in [-0.15, -0.1) is 0 Å². The van der Waals surface area contributed by atoms with Crippen LogP contribution in [0, 0.1) is 5.92 Å². The summed E-state index contributed by atoms with van der Waals surface area (Å²) in [6.45, 7) is 1.93. The van der Waals surface area contributed by atoms with E-state index in [1.807, 2.05) is 0 Å². The summed E-state index contributed by atoms with van der Waals surface area (Å²) in [5, 5.41) is 9.95. The predicted octanol–water partition coefficient (Wildman–Crippen LogP) is 1.20. The van der Waals surface area contributed by atoms with Crippen LogP contribution in [0.25, 0.3) is 0 Å². The Kier molecular flexibility index (Phi) is 3.76. The number of nitrogens with zero attached hydrogens (tertiary/aromatic N) is 1. The average Bonchev–Trinajstić information content (AvgIpc) is 2.30. The van der Waals surface area contributed by atoms with E-state index < -0.39 is 0 Å². The molecule has 2 rings (SSSR count). The number of hydrogen-bond donors (Lipinski definition) is 1. The first kappa shape index (κ1) is 11.1. The lowest BCUT2D eigenvalue weighted by molar-refractivity contribution is -0.113. The largest absolute Gasteiger partial charge is 0.391 e. The maximum absolute atomic E-state index is 10.8. The van der Waals surface area contributed by atoms with Crippen molar-refractivity contribution in [3.05, 3.63) is 0 Å². The van der Waals surface area contributed by atoms with Crippen LogP contribution >= 0.6 is 0 Å². The molecule has 1 saturated carbocycles. The molecule has 0 spiro atoms. The summed E-state index contributed by atoms with van der Waals surface area (Å²) in [4.78, 5) is 13.1. The van der Waals surface area contributed by atoms with Gasteiger partial charge < -0.3 is 9.90 Å². The van der Waals surface area contributed by atoms with Crippen LogP contribution in [-0.2, 0) is 4.79 Å². The molecule has 0 aromatic carbocycles. The normalized spacial score (nSPS) is 38.9. The van der Waals surface area contributed by atoms with Gasteiger partial charge in [0.1, 0.15) is 6.29 Å². The van der Waals surface area contributed by atoms with E-state index in [0.717, 1.165) is 51.5 Å². The topological polar surface area (TPSA) is 40.5 Å². The standard InChI is InChI=1S/C12H21NO2/c14-9-10-4-3-7-13(8-10)11-5-1-2-6-12(11)15/h9-12,15H,1-8H2. The summed E-state index contributed by atoms with van der Waals surface area (Å²) < 4.78 is 0. The summed E-state index contributed by atoms with van der Waals surface area (Å²) in [6.07, 6.45) is 7.48. The molecule has 1 aliphatic carbocycles. The highest BCUT2D eigenvalue weighted by atomic mass is 16.3. The van der Waals surface area contributed by atoms with Gasteiger partial charge in [0.05, 0.1) is 6.10 Å². The Bertz CT molecular complexity index is 220. The van der Waals surface area contributed by atoms with E-state index >= 15 is 0 Å². The molecule has 1 saturated heterocycles. The lowest BCUT2D eigenvalue weighted by Crippen LogP contribution is -2.49. The predicted molar refractivity (Wildman–Crippen MR) is 58.6 cm³/mol. The Hall–Kier alpha value is -0.410. The molecule has 2 fully saturated rings. The fourth-order valence-electron chi connectivity index (χ4n) is 2.97. The molecular formula is C12H21NO2. The number of carbonyl (C=O) groups is 1. The lowest BCUT2D eigenvalue weighted by atomic mass is 9.88. The van der Waals surface area contributed by atoms with Crippen molar-refractivity contribution in [1.29, 1.82) is 0 Å². The Morgan fingerprint density at radius 3 is 2.67 bits per heavy atom. The molecule has 3 atom stereocenters. The molecule has 0 amide bonds. The SMILES string of the molecule is O=CC1CCCN(C2CCCCC2O)C1. The zero-order valence-corrected chi connectivity index (χ0v) is 9.27. The smallest absolute Gasteiger partial charge is 0.124 e. The van der Waals surface area contributed by atoms with Gasteiger partial charge in [-0.05, 0) is 32.2 Å². The molecule has 0 bridgehead atoms. The second kappa shape index (κ2) is 5.08. The first-order valence-electron chi connectivity index (χ1n) is 6.18. The van der Waals surface area contributed by atoms with Crippen molar-refractivity contribution in [2.24, 2.45) is 5.92 Å². The Morgan fingerprint density at radius 2 is 1.93 bits per heavy atom. The van der Waals surface area contributed by atoms with E-state index in [4.69, 9.17) is 0 Å². The zero-order chi connectivity index (χ0) is 10.7. The Morgan fingerprint density at radius 1 is 1.13 bits per heavy atom. The monoisotopic (exact) mass is 211 g/mol. The molecule has 1 N–H and O–H groups in total. The summed E-state index contributed by atoms with van der Waals surface area (Å²) in [7, 11) is 0. The summed E-state index contributed by atoms with van der Waals surface area (Å²) >= 11 is 0. The highest BCUT2D eigenvalue weighted by Crippen LogP contribution is 2.26. The van der Waals surface area contributed by atoms with Crippen LogP contribution in [0.5, 0.6) is 0 Å². The molecule has 3 nitrogen and oxygen atoms in total. The highest BCUT2D eigenvalue weighted by molar-refractivity contribution is 5.53. The van der Waals surface area contributed by atoms with Gasteiger partial charge in [-0.2, -0.15) is 0 Å². The van der Waals surface area contributed by atoms with Gasteiger partial charge in [0.15, 0.2) is 0 Å². The number of aldehydes is 1. The minimum atomic E-state index is -0.163. The van der Waals surface area contributed by atoms with Crippen molar-refractivity contribution in [2.45, 2.75) is 50.7 Å². The number of carbonyl (C=O) groups excluding carboxylic acids is 1. The van der Waals surface area contributed by atoms with E-state index in [1.165, 1.54) is 6.42 Å². The second-order valence-corrected chi connectivity index (χ2v) is 4.95. The number of aliphatic hydroxyl groups excluding tert-OH is 1. The maximum Gasteiger partial charge on any atom is 0.124 e. The number of hydrogen-bond acceptors (Lipinski definition) is 3. The minimum Gasteiger partial charge on any atom is -0.391 e. The number of piperidine rings is 1. The van der Waals surface area contributed by atoms with Gasteiger partial charge in [0.2, 0.25) is 0 Å². The van der Waals surface area contributed by atoms with Crippen LogP contribution in [0.1, 0.15) is 38.5 Å². The molecule has 86 valence electrons. The van der Waals surface area contributed by atoms with Crippen LogP contribution in [0.4, 0.5) is 0 Å². The Labute approximate surface area is 91.5 Å². The first-order valence-corrected chi connectivity index (χ1v) is 6.18. The van der Waals surface area contributed by atoms with Crippen molar-refractivity contribution in [3.8, 4) is 0 Å². The fraction of sp³-hybridized carbons (Fsp3) is 0.917. The first-order chi connectivity index (χ1) is 7.31. The van der Waals surface area contributed by atoms with Crippen LogP contribution in [0.2, 0.25) is 0 Å². The van der Waals surface area contributed by atoms with Gasteiger partial charge >= 0.3 is 0 Å². The van der Waals surface area contributed by atoms with Crippen molar-refractivity contribution in [3.63, 3.8) is 0 Å². The molecule has 3 unspecified atom stereocenters. The lowest BCUT2D eigenvalue weighted by Gasteiger charge is -2.41. The van der Waals surface area contributed by atoms with Crippen molar-refractivity contribution in [1.82, 2.24) is 4.90 Å². The third kappa shape index (κ3) is 2.58. The molecule has 2 aliphatic rings. The van der Waals surface area contributed by atoms with Crippen molar-refractivity contribution < 1.29 is 9.90 Å². The van der Waals surface area contributed by atoms with Gasteiger partial charge in [-0.1, -0.05) is 12.8 Å². The van der Waals surface area contributed by atoms with Crippen LogP contribution in [-0.4, -0.2) is 41.5 Å². The summed E-state index contributed by atoms with van der Waals surface area (Å²) in [5.41, 5.74) is 0. The summed E-state index contributed by atoms with van der Waals surface area (Å²) in [6, 6.07) is 0.321. The maximum atomic E-state index is 10.8. The zero-order valence-electron chi connectivity index (χ0n) is 9.27. The fourth-order valence-corrected chi connectivity index (χ4v) is 2.97. The van der Waals surface area contributed by atoms with Crippen molar-refractivity contribution >= 4 is 6.29 Å². The molecule has 15 heavy (non-hydrogen) atoms. The summed E-state index contributed by atoms with van der Waals surface area (Å²) in [5.74, 6) is 0.202. The molecule has 3 heteroatoms. The number of rotatable bonds is 2. The highest BCUT2D eigenvalue weighted by Gasteiger charge is 2.31. The third-order valence-electron chi connectivity index (χ3n) is 3.84.